The lowest BCUT2D eigenvalue weighted by molar-refractivity contribution is 0.243. The molecule has 116 valence electrons. The Morgan fingerprint density at radius 3 is 2.81 bits per heavy atom. The molecule has 0 radical (unpaired) electrons. The Kier molecular flexibility index (Phi) is 4.83. The minimum Gasteiger partial charge on any atom is -0.489 e. The highest BCUT2D eigenvalue weighted by Gasteiger charge is 2.21. The predicted molar refractivity (Wildman–Crippen MR) is 80.0 cm³/mol. The molecule has 2 aliphatic rings. The van der Waals surface area contributed by atoms with Crippen molar-refractivity contribution < 1.29 is 13.9 Å². The summed E-state index contributed by atoms with van der Waals surface area (Å²) in [5.41, 5.74) is 0.600. The number of hydrogen-bond donors (Lipinski definition) is 1. The number of benzene rings is 1. The molecule has 1 aromatic rings. The second kappa shape index (κ2) is 6.81. The van der Waals surface area contributed by atoms with Crippen LogP contribution in [0.2, 0.25) is 5.02 Å². The van der Waals surface area contributed by atoms with E-state index in [0.717, 1.165) is 39.1 Å². The van der Waals surface area contributed by atoms with E-state index in [1.54, 1.807) is 6.07 Å². The van der Waals surface area contributed by atoms with E-state index in [0.29, 0.717) is 36.7 Å². The van der Waals surface area contributed by atoms with Gasteiger partial charge in [0.25, 0.3) is 0 Å². The van der Waals surface area contributed by atoms with Gasteiger partial charge in [-0.2, -0.15) is 0 Å². The quantitative estimate of drug-likeness (QED) is 0.926. The molecule has 0 aliphatic carbocycles. The van der Waals surface area contributed by atoms with Crippen LogP contribution in [0.1, 0.15) is 12.0 Å². The van der Waals surface area contributed by atoms with Gasteiger partial charge in [-0.15, -0.1) is 0 Å². The lowest BCUT2D eigenvalue weighted by Gasteiger charge is -2.27. The molecule has 0 saturated carbocycles. The molecule has 0 spiro atoms. The van der Waals surface area contributed by atoms with Crippen LogP contribution in [-0.2, 0) is 6.42 Å². The van der Waals surface area contributed by atoms with E-state index in [9.17, 15) is 4.39 Å². The van der Waals surface area contributed by atoms with E-state index in [4.69, 9.17) is 21.1 Å². The molecule has 1 fully saturated rings. The molecule has 3 rings (SSSR count). The molecule has 0 amide bonds. The molecule has 4 nitrogen and oxygen atoms in total. The van der Waals surface area contributed by atoms with E-state index < -0.39 is 0 Å². The Morgan fingerprint density at radius 1 is 1.24 bits per heavy atom. The standard InChI is InChI=1S/C15H20ClFN2O2/c16-13-14(17)11(2-5-19-6-3-18-4-7-19)10-12-15(13)21-9-1-8-20-12/h10,18H,1-9H2. The molecule has 21 heavy (non-hydrogen) atoms. The number of ether oxygens (including phenoxy) is 2. The van der Waals surface area contributed by atoms with E-state index in [2.05, 4.69) is 10.2 Å². The molecule has 2 heterocycles. The third-order valence-corrected chi connectivity index (χ3v) is 4.24. The summed E-state index contributed by atoms with van der Waals surface area (Å²) in [6, 6.07) is 1.74. The minimum absolute atomic E-state index is 0.0460. The van der Waals surface area contributed by atoms with Crippen molar-refractivity contribution in [3.63, 3.8) is 0 Å². The zero-order valence-electron chi connectivity index (χ0n) is 12.0. The molecule has 1 aromatic carbocycles. The van der Waals surface area contributed by atoms with Gasteiger partial charge < -0.3 is 19.7 Å². The highest BCUT2D eigenvalue weighted by atomic mass is 35.5. The smallest absolute Gasteiger partial charge is 0.182 e. The van der Waals surface area contributed by atoms with Gasteiger partial charge in [-0.25, -0.2) is 4.39 Å². The number of rotatable bonds is 3. The zero-order valence-corrected chi connectivity index (χ0v) is 12.7. The molecule has 6 heteroatoms. The van der Waals surface area contributed by atoms with Crippen LogP contribution in [0.25, 0.3) is 0 Å². The molecule has 1 saturated heterocycles. The van der Waals surface area contributed by atoms with Crippen molar-refractivity contribution in [2.24, 2.45) is 0 Å². The topological polar surface area (TPSA) is 33.7 Å². The summed E-state index contributed by atoms with van der Waals surface area (Å²) >= 11 is 6.11. The molecule has 0 atom stereocenters. The van der Waals surface area contributed by atoms with Gasteiger partial charge >= 0.3 is 0 Å². The second-order valence-corrected chi connectivity index (χ2v) is 5.76. The van der Waals surface area contributed by atoms with Gasteiger partial charge in [0.05, 0.1) is 13.2 Å². The Bertz CT molecular complexity index is 507. The normalized spacial score (nSPS) is 19.3. The largest absolute Gasteiger partial charge is 0.489 e. The van der Waals surface area contributed by atoms with Gasteiger partial charge in [0, 0.05) is 39.1 Å². The summed E-state index contributed by atoms with van der Waals surface area (Å²) < 4.78 is 25.5. The fraction of sp³-hybridized carbons (Fsp3) is 0.600. The number of fused-ring (bicyclic) bond motifs is 1. The van der Waals surface area contributed by atoms with Crippen molar-refractivity contribution in [3.05, 3.63) is 22.5 Å². The van der Waals surface area contributed by atoms with Crippen molar-refractivity contribution >= 4 is 11.6 Å². The summed E-state index contributed by atoms with van der Waals surface area (Å²) in [7, 11) is 0. The van der Waals surface area contributed by atoms with Gasteiger partial charge in [0.15, 0.2) is 11.5 Å². The molecule has 0 unspecified atom stereocenters. The summed E-state index contributed by atoms with van der Waals surface area (Å²) in [6.07, 6.45) is 1.41. The molecular formula is C15H20ClFN2O2. The third kappa shape index (κ3) is 3.42. The van der Waals surface area contributed by atoms with Crippen LogP contribution in [0.3, 0.4) is 0 Å². The molecule has 1 N–H and O–H groups in total. The van der Waals surface area contributed by atoms with Gasteiger partial charge in [0.1, 0.15) is 10.8 Å². The first kappa shape index (κ1) is 14.9. The third-order valence-electron chi connectivity index (χ3n) is 3.90. The lowest BCUT2D eigenvalue weighted by atomic mass is 10.1. The number of hydrogen-bond acceptors (Lipinski definition) is 4. The molecule has 0 bridgehead atoms. The minimum atomic E-state index is -0.379. The first-order valence-electron chi connectivity index (χ1n) is 7.45. The average molecular weight is 315 g/mol. The summed E-state index contributed by atoms with van der Waals surface area (Å²) in [4.78, 5) is 2.33. The molecule has 2 aliphatic heterocycles. The lowest BCUT2D eigenvalue weighted by Crippen LogP contribution is -2.44. The monoisotopic (exact) mass is 314 g/mol. The van der Waals surface area contributed by atoms with E-state index in [1.165, 1.54) is 0 Å². The van der Waals surface area contributed by atoms with Crippen LogP contribution < -0.4 is 14.8 Å². The summed E-state index contributed by atoms with van der Waals surface area (Å²) in [6.45, 7) is 5.89. The predicted octanol–water partition coefficient (Wildman–Crippen LogP) is 2.09. The number of nitrogens with one attached hydrogen (secondary N) is 1. The average Bonchev–Trinajstić information content (AvgIpc) is 2.76. The Hall–Kier alpha value is -1.04. The Labute approximate surface area is 129 Å². The Morgan fingerprint density at radius 2 is 2.00 bits per heavy atom. The van der Waals surface area contributed by atoms with Gasteiger partial charge in [0.2, 0.25) is 0 Å². The highest BCUT2D eigenvalue weighted by molar-refractivity contribution is 6.32. The van der Waals surface area contributed by atoms with Crippen molar-refractivity contribution in [1.29, 1.82) is 0 Å². The molecular weight excluding hydrogens is 295 g/mol. The number of piperazine rings is 1. The van der Waals surface area contributed by atoms with Crippen molar-refractivity contribution in [3.8, 4) is 11.5 Å². The first-order valence-corrected chi connectivity index (χ1v) is 7.83. The summed E-state index contributed by atoms with van der Waals surface area (Å²) in [5.74, 6) is 0.530. The maximum Gasteiger partial charge on any atom is 0.182 e. The van der Waals surface area contributed by atoms with Crippen LogP contribution in [0, 0.1) is 5.82 Å². The molecule has 0 aromatic heterocycles. The van der Waals surface area contributed by atoms with Crippen molar-refractivity contribution in [2.45, 2.75) is 12.8 Å². The van der Waals surface area contributed by atoms with Gasteiger partial charge in [-0.3, -0.25) is 0 Å². The summed E-state index contributed by atoms with van der Waals surface area (Å²) in [5, 5.41) is 3.35. The maximum absolute atomic E-state index is 14.4. The number of halogens is 2. The van der Waals surface area contributed by atoms with Crippen molar-refractivity contribution in [1.82, 2.24) is 10.2 Å². The van der Waals surface area contributed by atoms with Gasteiger partial charge in [-0.1, -0.05) is 11.6 Å². The van der Waals surface area contributed by atoms with E-state index in [-0.39, 0.29) is 10.8 Å². The van der Waals surface area contributed by atoms with Crippen LogP contribution >= 0.6 is 11.6 Å². The maximum atomic E-state index is 14.4. The van der Waals surface area contributed by atoms with Crippen LogP contribution in [0.5, 0.6) is 11.5 Å². The van der Waals surface area contributed by atoms with Crippen LogP contribution in [-0.4, -0.2) is 50.8 Å². The van der Waals surface area contributed by atoms with Crippen molar-refractivity contribution in [2.75, 3.05) is 45.9 Å². The van der Waals surface area contributed by atoms with Crippen LogP contribution in [0.15, 0.2) is 6.07 Å². The van der Waals surface area contributed by atoms with Crippen LogP contribution in [0.4, 0.5) is 4.39 Å². The van der Waals surface area contributed by atoms with E-state index in [1.807, 2.05) is 0 Å². The first-order chi connectivity index (χ1) is 10.3. The SMILES string of the molecule is Fc1c(CCN2CCNCC2)cc2c(c1Cl)OCCCO2. The highest BCUT2D eigenvalue weighted by Crippen LogP contribution is 2.40. The Balaban J connectivity index is 1.75. The number of nitrogens with zero attached hydrogens (tertiary/aromatic N) is 1. The zero-order chi connectivity index (χ0) is 14.7. The fourth-order valence-electron chi connectivity index (χ4n) is 2.69. The van der Waals surface area contributed by atoms with E-state index >= 15 is 0 Å². The fourth-order valence-corrected chi connectivity index (χ4v) is 2.96. The van der Waals surface area contributed by atoms with Gasteiger partial charge in [-0.05, 0) is 18.1 Å². The second-order valence-electron chi connectivity index (χ2n) is 5.38.